The number of ether oxygens (including phenoxy) is 2. The van der Waals surface area contributed by atoms with E-state index in [9.17, 15) is 9.59 Å². The molecule has 0 aliphatic rings. The molecule has 0 saturated carbocycles. The average Bonchev–Trinajstić information content (AvgIpc) is 2.59. The van der Waals surface area contributed by atoms with Gasteiger partial charge < -0.3 is 14.8 Å². The molecule has 0 aliphatic carbocycles. The van der Waals surface area contributed by atoms with Crippen LogP contribution >= 0.6 is 0 Å². The van der Waals surface area contributed by atoms with Crippen LogP contribution in [0.4, 0.5) is 0 Å². The maximum atomic E-state index is 12.0. The van der Waals surface area contributed by atoms with Crippen LogP contribution in [0.1, 0.15) is 50.0 Å². The summed E-state index contributed by atoms with van der Waals surface area (Å²) in [5, 5.41) is 2.84. The van der Waals surface area contributed by atoms with E-state index >= 15 is 0 Å². The SMILES string of the molecule is CC(C)Cc1ccc(C(=O)NCCOCCOCCC(=O)C(C)C)cc1. The van der Waals surface area contributed by atoms with Crippen LogP contribution in [0.2, 0.25) is 0 Å². The molecule has 146 valence electrons. The second kappa shape index (κ2) is 12.6. The first-order valence-electron chi connectivity index (χ1n) is 9.45. The fourth-order valence-corrected chi connectivity index (χ4v) is 2.39. The molecule has 1 N–H and O–H groups in total. The van der Waals surface area contributed by atoms with Gasteiger partial charge in [0.25, 0.3) is 5.91 Å². The highest BCUT2D eigenvalue weighted by Crippen LogP contribution is 2.09. The Morgan fingerprint density at radius 2 is 1.54 bits per heavy atom. The van der Waals surface area contributed by atoms with Gasteiger partial charge in [-0.15, -0.1) is 0 Å². The van der Waals surface area contributed by atoms with Crippen molar-refractivity contribution >= 4 is 11.7 Å². The summed E-state index contributed by atoms with van der Waals surface area (Å²) in [4.78, 5) is 23.5. The average molecular weight is 363 g/mol. The number of carbonyl (C=O) groups is 2. The van der Waals surface area contributed by atoms with Crippen LogP contribution < -0.4 is 5.32 Å². The lowest BCUT2D eigenvalue weighted by atomic mass is 10.0. The van der Waals surface area contributed by atoms with Crippen molar-refractivity contribution in [3.05, 3.63) is 35.4 Å². The summed E-state index contributed by atoms with van der Waals surface area (Å²) in [6, 6.07) is 7.74. The third-order valence-corrected chi connectivity index (χ3v) is 3.90. The lowest BCUT2D eigenvalue weighted by Gasteiger charge is -2.09. The second-order valence-electron chi connectivity index (χ2n) is 7.15. The largest absolute Gasteiger partial charge is 0.379 e. The molecule has 5 heteroatoms. The molecule has 0 atom stereocenters. The predicted octanol–water partition coefficient (Wildman–Crippen LogP) is 3.26. The van der Waals surface area contributed by atoms with Gasteiger partial charge in [-0.1, -0.05) is 39.8 Å². The summed E-state index contributed by atoms with van der Waals surface area (Å²) in [5.74, 6) is 0.787. The van der Waals surface area contributed by atoms with E-state index in [2.05, 4.69) is 19.2 Å². The Hall–Kier alpha value is -1.72. The number of nitrogens with one attached hydrogen (secondary N) is 1. The maximum absolute atomic E-state index is 12.0. The minimum absolute atomic E-state index is 0.0601. The van der Waals surface area contributed by atoms with Crippen molar-refractivity contribution in [2.75, 3.05) is 33.0 Å². The third kappa shape index (κ3) is 9.68. The Labute approximate surface area is 157 Å². The molecule has 1 amide bonds. The second-order valence-corrected chi connectivity index (χ2v) is 7.15. The summed E-state index contributed by atoms with van der Waals surface area (Å²) in [7, 11) is 0. The fraction of sp³-hybridized carbons (Fsp3) is 0.619. The van der Waals surface area contributed by atoms with Crippen molar-refractivity contribution in [2.24, 2.45) is 11.8 Å². The molecule has 0 aliphatic heterocycles. The van der Waals surface area contributed by atoms with Crippen molar-refractivity contribution in [2.45, 2.75) is 40.5 Å². The van der Waals surface area contributed by atoms with Crippen LogP contribution in [-0.4, -0.2) is 44.7 Å². The van der Waals surface area contributed by atoms with E-state index in [-0.39, 0.29) is 17.6 Å². The molecule has 0 unspecified atom stereocenters. The highest BCUT2D eigenvalue weighted by molar-refractivity contribution is 5.94. The molecule has 26 heavy (non-hydrogen) atoms. The molecule has 0 spiro atoms. The molecule has 5 nitrogen and oxygen atoms in total. The molecule has 0 bridgehead atoms. The van der Waals surface area contributed by atoms with Gasteiger partial charge in [0.05, 0.1) is 26.4 Å². The first kappa shape index (κ1) is 22.3. The van der Waals surface area contributed by atoms with Crippen molar-refractivity contribution < 1.29 is 19.1 Å². The highest BCUT2D eigenvalue weighted by Gasteiger charge is 2.07. The van der Waals surface area contributed by atoms with E-state index in [1.54, 1.807) is 0 Å². The van der Waals surface area contributed by atoms with Crippen molar-refractivity contribution in [3.8, 4) is 0 Å². The predicted molar refractivity (Wildman–Crippen MR) is 103 cm³/mol. The van der Waals surface area contributed by atoms with E-state index in [0.29, 0.717) is 50.9 Å². The Bertz CT molecular complexity index is 537. The van der Waals surface area contributed by atoms with Gasteiger partial charge in [0.15, 0.2) is 0 Å². The molecule has 0 fully saturated rings. The number of benzene rings is 1. The molecule has 0 heterocycles. The Morgan fingerprint density at radius 3 is 2.12 bits per heavy atom. The molecule has 1 rings (SSSR count). The number of amides is 1. The quantitative estimate of drug-likeness (QED) is 0.546. The van der Waals surface area contributed by atoms with E-state index in [4.69, 9.17) is 9.47 Å². The van der Waals surface area contributed by atoms with Crippen molar-refractivity contribution in [3.63, 3.8) is 0 Å². The van der Waals surface area contributed by atoms with Gasteiger partial charge in [-0.05, 0) is 30.0 Å². The van der Waals surface area contributed by atoms with Crippen LogP contribution in [0.15, 0.2) is 24.3 Å². The molecular formula is C21H33NO4. The smallest absolute Gasteiger partial charge is 0.251 e. The zero-order valence-corrected chi connectivity index (χ0v) is 16.5. The Morgan fingerprint density at radius 1 is 0.923 bits per heavy atom. The van der Waals surface area contributed by atoms with Gasteiger partial charge >= 0.3 is 0 Å². The summed E-state index contributed by atoms with van der Waals surface area (Å²) in [5.41, 5.74) is 1.91. The van der Waals surface area contributed by atoms with E-state index in [1.807, 2.05) is 38.1 Å². The minimum Gasteiger partial charge on any atom is -0.379 e. The molecule has 0 aromatic heterocycles. The summed E-state index contributed by atoms with van der Waals surface area (Å²) < 4.78 is 10.8. The van der Waals surface area contributed by atoms with E-state index in [1.165, 1.54) is 5.56 Å². The maximum Gasteiger partial charge on any atom is 0.251 e. The molecule has 1 aromatic carbocycles. The number of hydrogen-bond acceptors (Lipinski definition) is 4. The molecule has 0 saturated heterocycles. The van der Waals surface area contributed by atoms with Gasteiger partial charge in [0, 0.05) is 24.4 Å². The lowest BCUT2D eigenvalue weighted by Crippen LogP contribution is -2.27. The number of Topliss-reactive ketones (excluding diaryl/α,β-unsaturated/α-hetero) is 1. The first-order chi connectivity index (χ1) is 12.4. The van der Waals surface area contributed by atoms with Crippen molar-refractivity contribution in [1.82, 2.24) is 5.32 Å². The van der Waals surface area contributed by atoms with Gasteiger partial charge in [-0.3, -0.25) is 9.59 Å². The van der Waals surface area contributed by atoms with Crippen LogP contribution in [0, 0.1) is 11.8 Å². The number of hydrogen-bond donors (Lipinski definition) is 1. The normalized spacial score (nSPS) is 11.2. The highest BCUT2D eigenvalue weighted by atomic mass is 16.5. The van der Waals surface area contributed by atoms with Crippen LogP contribution in [-0.2, 0) is 20.7 Å². The van der Waals surface area contributed by atoms with Gasteiger partial charge in [0.1, 0.15) is 5.78 Å². The van der Waals surface area contributed by atoms with Crippen LogP contribution in [0.3, 0.4) is 0 Å². The van der Waals surface area contributed by atoms with E-state index in [0.717, 1.165) is 6.42 Å². The Kier molecular flexibility index (Phi) is 10.8. The van der Waals surface area contributed by atoms with E-state index < -0.39 is 0 Å². The Balaban J connectivity index is 2.07. The van der Waals surface area contributed by atoms with Gasteiger partial charge in [-0.25, -0.2) is 0 Å². The zero-order valence-electron chi connectivity index (χ0n) is 16.5. The summed E-state index contributed by atoms with van der Waals surface area (Å²) in [6.45, 7) is 10.4. The minimum atomic E-state index is -0.0897. The summed E-state index contributed by atoms with van der Waals surface area (Å²) >= 11 is 0. The number of rotatable bonds is 13. The van der Waals surface area contributed by atoms with Crippen molar-refractivity contribution in [1.29, 1.82) is 0 Å². The fourth-order valence-electron chi connectivity index (χ4n) is 2.39. The monoisotopic (exact) mass is 363 g/mol. The number of ketones is 1. The molecule has 0 radical (unpaired) electrons. The standard InChI is InChI=1S/C21H33NO4/c1-16(2)15-18-5-7-19(8-6-18)21(24)22-10-12-26-14-13-25-11-9-20(23)17(3)4/h5-8,16-17H,9-15H2,1-4H3,(H,22,24). The topological polar surface area (TPSA) is 64.6 Å². The molecular weight excluding hydrogens is 330 g/mol. The molecule has 1 aromatic rings. The number of carbonyl (C=O) groups excluding carboxylic acids is 2. The third-order valence-electron chi connectivity index (χ3n) is 3.90. The van der Waals surface area contributed by atoms with Gasteiger partial charge in [0.2, 0.25) is 0 Å². The van der Waals surface area contributed by atoms with Crippen LogP contribution in [0.25, 0.3) is 0 Å². The van der Waals surface area contributed by atoms with Crippen LogP contribution in [0.5, 0.6) is 0 Å². The zero-order chi connectivity index (χ0) is 19.4. The summed E-state index contributed by atoms with van der Waals surface area (Å²) in [6.07, 6.45) is 1.47. The lowest BCUT2D eigenvalue weighted by molar-refractivity contribution is -0.123. The first-order valence-corrected chi connectivity index (χ1v) is 9.45. The van der Waals surface area contributed by atoms with Gasteiger partial charge in [-0.2, -0.15) is 0 Å².